The Labute approximate surface area is 184 Å². The van der Waals surface area contributed by atoms with E-state index < -0.39 is 24.1 Å². The zero-order valence-corrected chi connectivity index (χ0v) is 18.4. The Balaban J connectivity index is 1.33. The predicted molar refractivity (Wildman–Crippen MR) is 115 cm³/mol. The van der Waals surface area contributed by atoms with Crippen molar-refractivity contribution in [1.29, 1.82) is 0 Å². The molecule has 3 amide bonds. The lowest BCUT2D eigenvalue weighted by atomic mass is 9.77. The zero-order valence-electron chi connectivity index (χ0n) is 17.6. The van der Waals surface area contributed by atoms with Gasteiger partial charge in [0.15, 0.2) is 0 Å². The number of ether oxygens (including phenoxy) is 2. The molecule has 0 unspecified atom stereocenters. The van der Waals surface area contributed by atoms with Crippen molar-refractivity contribution in [3.8, 4) is 16.3 Å². The summed E-state index contributed by atoms with van der Waals surface area (Å²) in [6.07, 6.45) is 2.97. The molecule has 2 aliphatic rings. The maximum absolute atomic E-state index is 12.8. The van der Waals surface area contributed by atoms with Gasteiger partial charge in [0.05, 0.1) is 12.8 Å². The fourth-order valence-corrected chi connectivity index (χ4v) is 4.81. The molecule has 4 rings (SSSR count). The van der Waals surface area contributed by atoms with Crippen molar-refractivity contribution in [3.63, 3.8) is 0 Å². The van der Waals surface area contributed by atoms with Crippen molar-refractivity contribution < 1.29 is 23.9 Å². The summed E-state index contributed by atoms with van der Waals surface area (Å²) in [4.78, 5) is 42.9. The van der Waals surface area contributed by atoms with Crippen LogP contribution in [0.4, 0.5) is 4.79 Å². The summed E-state index contributed by atoms with van der Waals surface area (Å²) in [6, 6.07) is 7.02. The number of urea groups is 1. The summed E-state index contributed by atoms with van der Waals surface area (Å²) in [5, 5.41) is 5.41. The van der Waals surface area contributed by atoms with Gasteiger partial charge in [-0.05, 0) is 43.7 Å². The second-order valence-corrected chi connectivity index (χ2v) is 8.98. The molecule has 1 spiro atoms. The Bertz CT molecular complexity index is 997. The van der Waals surface area contributed by atoms with E-state index in [2.05, 4.69) is 17.2 Å². The highest BCUT2D eigenvalue weighted by molar-refractivity contribution is 7.13. The van der Waals surface area contributed by atoms with Crippen LogP contribution in [-0.4, -0.2) is 47.0 Å². The smallest absolute Gasteiger partial charge is 0.326 e. The van der Waals surface area contributed by atoms with E-state index in [1.807, 2.05) is 29.6 Å². The first-order valence-corrected chi connectivity index (χ1v) is 11.2. The number of benzene rings is 1. The number of amides is 3. The highest BCUT2D eigenvalue weighted by atomic mass is 32.1. The second-order valence-electron chi connectivity index (χ2n) is 8.12. The van der Waals surface area contributed by atoms with E-state index in [4.69, 9.17) is 9.47 Å². The molecule has 2 heterocycles. The third kappa shape index (κ3) is 4.41. The van der Waals surface area contributed by atoms with E-state index in [1.54, 1.807) is 7.11 Å². The third-order valence-corrected chi connectivity index (χ3v) is 6.85. The monoisotopic (exact) mass is 443 g/mol. The lowest BCUT2D eigenvalue weighted by molar-refractivity contribution is -0.149. The summed E-state index contributed by atoms with van der Waals surface area (Å²) in [6.45, 7) is 1.72. The van der Waals surface area contributed by atoms with E-state index >= 15 is 0 Å². The third-order valence-electron chi connectivity index (χ3n) is 5.91. The molecule has 9 heteroatoms. The fraction of sp³-hybridized carbons (Fsp3) is 0.455. The van der Waals surface area contributed by atoms with Crippen molar-refractivity contribution >= 4 is 29.2 Å². The van der Waals surface area contributed by atoms with Crippen LogP contribution in [0.1, 0.15) is 38.3 Å². The Kier molecular flexibility index (Phi) is 5.95. The minimum atomic E-state index is -0.857. The number of nitrogens with one attached hydrogen (secondary N) is 1. The molecule has 0 radical (unpaired) electrons. The molecular weight excluding hydrogens is 418 g/mol. The Morgan fingerprint density at radius 2 is 2.10 bits per heavy atom. The lowest BCUT2D eigenvalue weighted by Crippen LogP contribution is -2.49. The van der Waals surface area contributed by atoms with Gasteiger partial charge in [-0.15, -0.1) is 11.3 Å². The minimum Gasteiger partial charge on any atom is -0.497 e. The molecule has 164 valence electrons. The van der Waals surface area contributed by atoms with Crippen molar-refractivity contribution in [3.05, 3.63) is 35.3 Å². The van der Waals surface area contributed by atoms with Crippen LogP contribution in [0.5, 0.6) is 5.75 Å². The molecule has 0 bridgehead atoms. The number of hydrogen-bond acceptors (Lipinski definition) is 7. The van der Waals surface area contributed by atoms with Crippen LogP contribution in [0, 0.1) is 5.92 Å². The Hall–Kier alpha value is -2.94. The van der Waals surface area contributed by atoms with Crippen LogP contribution >= 0.6 is 11.3 Å². The largest absolute Gasteiger partial charge is 0.497 e. The molecule has 0 atom stereocenters. The molecule has 8 nitrogen and oxygen atoms in total. The van der Waals surface area contributed by atoms with Crippen molar-refractivity contribution in [2.45, 2.75) is 44.8 Å². The number of hydrogen-bond donors (Lipinski definition) is 1. The fourth-order valence-electron chi connectivity index (χ4n) is 4.00. The zero-order chi connectivity index (χ0) is 22.0. The van der Waals surface area contributed by atoms with E-state index in [-0.39, 0.29) is 12.5 Å². The number of methoxy groups -OCH3 is 1. The molecule has 1 saturated heterocycles. The highest BCUT2D eigenvalue weighted by Crippen LogP contribution is 2.36. The lowest BCUT2D eigenvalue weighted by Gasteiger charge is -2.33. The molecule has 1 saturated carbocycles. The standard InChI is InChI=1S/C22H25N3O5S/c1-14-6-8-22(9-7-14)20(27)25(21(28)24-22)11-18(26)30-12-16-13-31-19(23-16)15-4-3-5-17(10-15)29-2/h3-5,10,13-14H,6-9,11-12H2,1-2H3,(H,24,28). The van der Waals surface area contributed by atoms with Crippen LogP contribution in [0.25, 0.3) is 10.6 Å². The topological polar surface area (TPSA) is 97.8 Å². The van der Waals surface area contributed by atoms with Crippen molar-refractivity contribution in [2.75, 3.05) is 13.7 Å². The minimum absolute atomic E-state index is 0.0222. The second kappa shape index (κ2) is 8.66. The van der Waals surface area contributed by atoms with Crippen molar-refractivity contribution in [2.24, 2.45) is 5.92 Å². The molecule has 2 fully saturated rings. The van der Waals surface area contributed by atoms with Gasteiger partial charge in [-0.2, -0.15) is 0 Å². The molecule has 31 heavy (non-hydrogen) atoms. The van der Waals surface area contributed by atoms with E-state index in [0.29, 0.717) is 24.5 Å². The average molecular weight is 444 g/mol. The number of carbonyl (C=O) groups excluding carboxylic acids is 3. The number of carbonyl (C=O) groups is 3. The van der Waals surface area contributed by atoms with E-state index in [0.717, 1.165) is 34.1 Å². The number of esters is 1. The van der Waals surface area contributed by atoms with Gasteiger partial charge < -0.3 is 14.8 Å². The molecule has 1 aromatic heterocycles. The number of nitrogens with zero attached hydrogens (tertiary/aromatic N) is 2. The molecular formula is C22H25N3O5S. The van der Waals surface area contributed by atoms with Crippen LogP contribution in [0.3, 0.4) is 0 Å². The van der Waals surface area contributed by atoms with Crippen molar-refractivity contribution in [1.82, 2.24) is 15.2 Å². The van der Waals surface area contributed by atoms with Gasteiger partial charge in [0, 0.05) is 10.9 Å². The first-order valence-electron chi connectivity index (χ1n) is 10.3. The van der Waals surface area contributed by atoms with Gasteiger partial charge in [-0.3, -0.25) is 14.5 Å². The SMILES string of the molecule is COc1cccc(-c2nc(COC(=O)CN3C(=O)NC4(CCC(C)CC4)C3=O)cs2)c1. The molecule has 1 aliphatic carbocycles. The normalized spacial score (nSPS) is 23.2. The first kappa shape index (κ1) is 21.3. The van der Waals surface area contributed by atoms with E-state index in [1.165, 1.54) is 11.3 Å². The number of imide groups is 1. The molecule has 1 aromatic carbocycles. The summed E-state index contributed by atoms with van der Waals surface area (Å²) < 4.78 is 10.5. The van der Waals surface area contributed by atoms with Crippen LogP contribution in [-0.2, 0) is 20.9 Å². The highest BCUT2D eigenvalue weighted by Gasteiger charge is 2.52. The van der Waals surface area contributed by atoms with Gasteiger partial charge in [0.2, 0.25) is 0 Å². The average Bonchev–Trinajstić information content (AvgIpc) is 3.34. The molecule has 1 aliphatic heterocycles. The van der Waals surface area contributed by atoms with Gasteiger partial charge in [-0.1, -0.05) is 19.1 Å². The van der Waals surface area contributed by atoms with Crippen LogP contribution in [0.15, 0.2) is 29.6 Å². The number of rotatable bonds is 6. The number of aromatic nitrogens is 1. The van der Waals surface area contributed by atoms with Gasteiger partial charge >= 0.3 is 12.0 Å². The van der Waals surface area contributed by atoms with Crippen LogP contribution in [0.2, 0.25) is 0 Å². The Morgan fingerprint density at radius 1 is 1.32 bits per heavy atom. The molecule has 2 aromatic rings. The maximum atomic E-state index is 12.8. The van der Waals surface area contributed by atoms with E-state index in [9.17, 15) is 14.4 Å². The summed E-state index contributed by atoms with van der Waals surface area (Å²) in [5.41, 5.74) is 0.657. The van der Waals surface area contributed by atoms with Crippen LogP contribution < -0.4 is 10.1 Å². The quantitative estimate of drug-likeness (QED) is 0.543. The summed E-state index contributed by atoms with van der Waals surface area (Å²) in [5.74, 6) is 0.310. The van der Waals surface area contributed by atoms with Gasteiger partial charge in [0.1, 0.15) is 29.4 Å². The molecule has 1 N–H and O–H groups in total. The summed E-state index contributed by atoms with van der Waals surface area (Å²) in [7, 11) is 1.61. The first-order chi connectivity index (χ1) is 14.9. The predicted octanol–water partition coefficient (Wildman–Crippen LogP) is 3.36. The number of thiazole rings is 1. The Morgan fingerprint density at radius 3 is 2.84 bits per heavy atom. The summed E-state index contributed by atoms with van der Waals surface area (Å²) >= 11 is 1.44. The van der Waals surface area contributed by atoms with Gasteiger partial charge in [0.25, 0.3) is 5.91 Å². The maximum Gasteiger partial charge on any atom is 0.326 e. The van der Waals surface area contributed by atoms with Gasteiger partial charge in [-0.25, -0.2) is 9.78 Å².